The third kappa shape index (κ3) is 8.05. The number of hydrogen-bond donors (Lipinski definition) is 2. The Labute approximate surface area is 271 Å². The van der Waals surface area contributed by atoms with Gasteiger partial charge in [-0.3, -0.25) is 4.79 Å². The summed E-state index contributed by atoms with van der Waals surface area (Å²) in [6, 6.07) is 19.9. The van der Waals surface area contributed by atoms with Gasteiger partial charge < -0.3 is 15.2 Å². The molecule has 4 aromatic rings. The van der Waals surface area contributed by atoms with Crippen LogP contribution in [-0.4, -0.2) is 45.5 Å². The number of unbranched alkanes of at least 4 members (excludes halogenated alkanes) is 3. The number of amides is 1. The van der Waals surface area contributed by atoms with Crippen LogP contribution in [0.2, 0.25) is 0 Å². The molecule has 0 fully saturated rings. The van der Waals surface area contributed by atoms with Gasteiger partial charge in [-0.2, -0.15) is 0 Å². The Hall–Kier alpha value is -4.85. The van der Waals surface area contributed by atoms with E-state index in [0.717, 1.165) is 51.3 Å². The SMILES string of the molecule is CCCCCCOC1=NCc2cc(-c3cnc(-c4ccc(CC(NC(=O)c5ccc(C(C)(C)C)cc5)C(=O)O)cc4)nc3)ccc21. The van der Waals surface area contributed by atoms with Crippen molar-refractivity contribution in [3.8, 4) is 22.5 Å². The van der Waals surface area contributed by atoms with Gasteiger partial charge in [0.2, 0.25) is 5.90 Å². The number of nitrogens with zero attached hydrogens (tertiary/aromatic N) is 3. The third-order valence-electron chi connectivity index (χ3n) is 8.22. The predicted molar refractivity (Wildman–Crippen MR) is 181 cm³/mol. The van der Waals surface area contributed by atoms with Crippen LogP contribution >= 0.6 is 0 Å². The van der Waals surface area contributed by atoms with E-state index < -0.39 is 17.9 Å². The van der Waals surface area contributed by atoms with E-state index in [4.69, 9.17) is 4.74 Å². The maximum Gasteiger partial charge on any atom is 0.326 e. The van der Waals surface area contributed by atoms with E-state index in [1.165, 1.54) is 19.3 Å². The number of nitrogens with one attached hydrogen (secondary N) is 1. The first kappa shape index (κ1) is 32.5. The highest BCUT2D eigenvalue weighted by Crippen LogP contribution is 2.28. The number of hydrogen-bond acceptors (Lipinski definition) is 6. The molecular weight excluding hydrogens is 576 g/mol. The van der Waals surface area contributed by atoms with Gasteiger partial charge in [0.1, 0.15) is 6.04 Å². The van der Waals surface area contributed by atoms with Crippen molar-refractivity contribution in [2.75, 3.05) is 6.61 Å². The number of benzene rings is 3. The second-order valence-corrected chi connectivity index (χ2v) is 12.8. The minimum absolute atomic E-state index is 0.0385. The van der Waals surface area contributed by atoms with Crippen LogP contribution in [0.15, 0.2) is 84.1 Å². The highest BCUT2D eigenvalue weighted by Gasteiger charge is 2.22. The fourth-order valence-electron chi connectivity index (χ4n) is 5.39. The van der Waals surface area contributed by atoms with Crippen LogP contribution in [0, 0.1) is 0 Å². The molecule has 0 aliphatic carbocycles. The average molecular weight is 619 g/mol. The highest BCUT2D eigenvalue weighted by molar-refractivity contribution is 5.98. The molecule has 0 bridgehead atoms. The molecule has 46 heavy (non-hydrogen) atoms. The second kappa shape index (κ2) is 14.5. The number of aliphatic imine (C=N–C) groups is 1. The van der Waals surface area contributed by atoms with Crippen LogP contribution < -0.4 is 5.32 Å². The number of rotatable bonds is 12. The van der Waals surface area contributed by atoms with Crippen LogP contribution in [-0.2, 0) is 27.9 Å². The van der Waals surface area contributed by atoms with Gasteiger partial charge in [-0.15, -0.1) is 0 Å². The van der Waals surface area contributed by atoms with Crippen molar-refractivity contribution in [2.45, 2.75) is 77.8 Å². The van der Waals surface area contributed by atoms with E-state index in [2.05, 4.69) is 60.1 Å². The monoisotopic (exact) mass is 618 g/mol. The molecule has 8 heteroatoms. The average Bonchev–Trinajstić information content (AvgIpc) is 3.46. The van der Waals surface area contributed by atoms with Crippen molar-refractivity contribution < 1.29 is 19.4 Å². The minimum Gasteiger partial charge on any atom is -0.480 e. The van der Waals surface area contributed by atoms with Crippen LogP contribution in [0.3, 0.4) is 0 Å². The molecular formula is C38H42N4O4. The van der Waals surface area contributed by atoms with Crippen molar-refractivity contribution >= 4 is 17.8 Å². The Balaban J connectivity index is 1.18. The molecule has 0 radical (unpaired) electrons. The first-order chi connectivity index (χ1) is 22.1. The van der Waals surface area contributed by atoms with Gasteiger partial charge in [0.15, 0.2) is 5.82 Å². The van der Waals surface area contributed by atoms with Crippen molar-refractivity contribution in [2.24, 2.45) is 4.99 Å². The van der Waals surface area contributed by atoms with Crippen LogP contribution in [0.5, 0.6) is 0 Å². The fraction of sp³-hybridized carbons (Fsp3) is 0.342. The predicted octanol–water partition coefficient (Wildman–Crippen LogP) is 7.39. The zero-order valence-electron chi connectivity index (χ0n) is 27.0. The summed E-state index contributed by atoms with van der Waals surface area (Å²) < 4.78 is 5.95. The summed E-state index contributed by atoms with van der Waals surface area (Å²) in [6.07, 6.45) is 8.41. The molecule has 1 aliphatic heterocycles. The standard InChI is InChI=1S/C38H42N4O4/c1-5-6-7-8-19-46-36-32-18-15-28(21-29(32)22-41-36)30-23-39-34(40-24-30)26-11-9-25(10-12-26)20-33(37(44)45)42-35(43)27-13-16-31(17-14-27)38(2,3)4/h9-18,21,23-24,33H,5-8,19-20,22H2,1-4H3,(H,42,43)(H,44,45). The lowest BCUT2D eigenvalue weighted by atomic mass is 9.86. The zero-order valence-corrected chi connectivity index (χ0v) is 27.0. The molecule has 8 nitrogen and oxygen atoms in total. The maximum absolute atomic E-state index is 12.8. The van der Waals surface area contributed by atoms with Crippen LogP contribution in [0.4, 0.5) is 0 Å². The van der Waals surface area contributed by atoms with Gasteiger partial charge in [0.05, 0.1) is 13.2 Å². The number of fused-ring (bicyclic) bond motifs is 1. The second-order valence-electron chi connectivity index (χ2n) is 12.8. The first-order valence-electron chi connectivity index (χ1n) is 16.0. The summed E-state index contributed by atoms with van der Waals surface area (Å²) in [5.74, 6) is -0.205. The molecule has 1 aromatic heterocycles. The molecule has 0 spiro atoms. The maximum atomic E-state index is 12.8. The molecule has 1 unspecified atom stereocenters. The molecule has 5 rings (SSSR count). The molecule has 238 valence electrons. The fourth-order valence-corrected chi connectivity index (χ4v) is 5.39. The van der Waals surface area contributed by atoms with Crippen LogP contribution in [0.1, 0.15) is 86.0 Å². The molecule has 1 atom stereocenters. The number of aromatic nitrogens is 2. The minimum atomic E-state index is -1.09. The van der Waals surface area contributed by atoms with Crippen molar-refractivity contribution in [3.05, 3.63) is 107 Å². The molecule has 2 heterocycles. The Bertz CT molecular complexity index is 1690. The number of ether oxygens (including phenoxy) is 1. The highest BCUT2D eigenvalue weighted by atomic mass is 16.5. The van der Waals surface area contributed by atoms with E-state index in [9.17, 15) is 14.7 Å². The molecule has 0 saturated heterocycles. The Morgan fingerprint density at radius 2 is 1.59 bits per heavy atom. The summed E-state index contributed by atoms with van der Waals surface area (Å²) in [6.45, 7) is 9.80. The lowest BCUT2D eigenvalue weighted by Gasteiger charge is -2.19. The van der Waals surface area contributed by atoms with E-state index in [1.54, 1.807) is 12.1 Å². The van der Waals surface area contributed by atoms with Gasteiger partial charge in [-0.25, -0.2) is 19.8 Å². The van der Waals surface area contributed by atoms with Gasteiger partial charge >= 0.3 is 5.97 Å². The summed E-state index contributed by atoms with van der Waals surface area (Å²) >= 11 is 0. The number of carbonyl (C=O) groups excluding carboxylic acids is 1. The quantitative estimate of drug-likeness (QED) is 0.160. The number of carboxylic acids is 1. The van der Waals surface area contributed by atoms with Crippen molar-refractivity contribution in [3.63, 3.8) is 0 Å². The van der Waals surface area contributed by atoms with Gasteiger partial charge in [-0.05, 0) is 58.4 Å². The van der Waals surface area contributed by atoms with E-state index in [0.29, 0.717) is 24.5 Å². The number of carboxylic acid groups (broad SMARTS) is 1. The summed E-state index contributed by atoms with van der Waals surface area (Å²) in [5.41, 5.74) is 7.19. The lowest BCUT2D eigenvalue weighted by molar-refractivity contribution is -0.139. The van der Waals surface area contributed by atoms with E-state index in [1.807, 2.05) is 54.9 Å². The van der Waals surface area contributed by atoms with Crippen molar-refractivity contribution in [1.82, 2.24) is 15.3 Å². The van der Waals surface area contributed by atoms with Crippen LogP contribution in [0.25, 0.3) is 22.5 Å². The summed E-state index contributed by atoms with van der Waals surface area (Å²) in [7, 11) is 0. The summed E-state index contributed by atoms with van der Waals surface area (Å²) in [5, 5.41) is 12.5. The lowest BCUT2D eigenvalue weighted by Crippen LogP contribution is -2.42. The number of aliphatic carboxylic acids is 1. The van der Waals surface area contributed by atoms with E-state index in [-0.39, 0.29) is 11.8 Å². The Morgan fingerprint density at radius 1 is 0.891 bits per heavy atom. The Morgan fingerprint density at radius 3 is 2.24 bits per heavy atom. The summed E-state index contributed by atoms with van der Waals surface area (Å²) in [4.78, 5) is 38.6. The van der Waals surface area contributed by atoms with Gasteiger partial charge in [0, 0.05) is 41.1 Å². The first-order valence-corrected chi connectivity index (χ1v) is 16.0. The molecule has 2 N–H and O–H groups in total. The normalized spacial score (nSPS) is 13.1. The van der Waals surface area contributed by atoms with E-state index >= 15 is 0 Å². The largest absolute Gasteiger partial charge is 0.480 e. The zero-order chi connectivity index (χ0) is 32.7. The Kier molecular flexibility index (Phi) is 10.3. The molecule has 3 aromatic carbocycles. The van der Waals surface area contributed by atoms with Crippen molar-refractivity contribution in [1.29, 1.82) is 0 Å². The third-order valence-corrected chi connectivity index (χ3v) is 8.22. The number of carbonyl (C=O) groups is 2. The molecule has 1 aliphatic rings. The van der Waals surface area contributed by atoms with Gasteiger partial charge in [0.25, 0.3) is 5.91 Å². The van der Waals surface area contributed by atoms with Gasteiger partial charge in [-0.1, -0.05) is 89.4 Å². The topological polar surface area (TPSA) is 114 Å². The molecule has 0 saturated carbocycles. The smallest absolute Gasteiger partial charge is 0.326 e. The molecule has 1 amide bonds.